The Kier molecular flexibility index (Phi) is 5.16. The van der Waals surface area contributed by atoms with Crippen molar-refractivity contribution in [2.24, 2.45) is 0 Å². The zero-order chi connectivity index (χ0) is 15.1. The molecule has 0 saturated carbocycles. The summed E-state index contributed by atoms with van der Waals surface area (Å²) in [5, 5.41) is 0. The molecule has 0 aliphatic rings. The summed E-state index contributed by atoms with van der Waals surface area (Å²) < 4.78 is 10.8. The van der Waals surface area contributed by atoms with Crippen LogP contribution in [0.3, 0.4) is 0 Å². The molecule has 0 N–H and O–H groups in total. The minimum atomic E-state index is -0.348. The van der Waals surface area contributed by atoms with Gasteiger partial charge in [0.15, 0.2) is 0 Å². The maximum atomic E-state index is 11.5. The normalized spacial score (nSPS) is 10.8. The van der Waals surface area contributed by atoms with Gasteiger partial charge in [0, 0.05) is 6.08 Å². The van der Waals surface area contributed by atoms with E-state index in [0.29, 0.717) is 0 Å². The maximum absolute atomic E-state index is 11.5. The highest BCUT2D eigenvalue weighted by Gasteiger charge is 2.01. The van der Waals surface area contributed by atoms with Gasteiger partial charge >= 0.3 is 5.97 Å². The summed E-state index contributed by atoms with van der Waals surface area (Å²) in [6.07, 6.45) is 3.01. The van der Waals surface area contributed by atoms with Crippen LogP contribution in [-0.2, 0) is 9.53 Å². The number of ether oxygens (including phenoxy) is 2. The molecule has 0 aliphatic carbocycles. The molecule has 2 rings (SSSR count). The molecule has 108 valence electrons. The summed E-state index contributed by atoms with van der Waals surface area (Å²) in [6, 6.07) is 17.1. The van der Waals surface area contributed by atoms with E-state index in [-0.39, 0.29) is 12.1 Å². The third kappa shape index (κ3) is 5.15. The number of carbonyl (C=O) groups is 1. The molecule has 2 aromatic rings. The first-order chi connectivity index (χ1) is 10.1. The molecule has 3 nitrogen and oxygen atoms in total. The minimum Gasteiger partial charge on any atom is -0.460 e. The Morgan fingerprint density at radius 2 is 1.71 bits per heavy atom. The second-order valence-electron chi connectivity index (χ2n) is 4.81. The van der Waals surface area contributed by atoms with Crippen LogP contribution < -0.4 is 4.74 Å². The van der Waals surface area contributed by atoms with E-state index in [9.17, 15) is 4.79 Å². The van der Waals surface area contributed by atoms with E-state index in [1.54, 1.807) is 6.08 Å². The van der Waals surface area contributed by atoms with Crippen LogP contribution in [0.25, 0.3) is 6.08 Å². The van der Waals surface area contributed by atoms with Crippen molar-refractivity contribution in [3.8, 4) is 11.5 Å². The molecular weight excluding hydrogens is 264 g/mol. The van der Waals surface area contributed by atoms with Crippen LogP contribution in [0.15, 0.2) is 60.7 Å². The van der Waals surface area contributed by atoms with Crippen molar-refractivity contribution in [1.29, 1.82) is 0 Å². The van der Waals surface area contributed by atoms with Crippen LogP contribution in [0.4, 0.5) is 0 Å². The van der Waals surface area contributed by atoms with Gasteiger partial charge < -0.3 is 9.47 Å². The van der Waals surface area contributed by atoms with Crippen LogP contribution >= 0.6 is 0 Å². The fraction of sp³-hybridized carbons (Fsp3) is 0.167. The first kappa shape index (κ1) is 14.9. The van der Waals surface area contributed by atoms with E-state index in [2.05, 4.69) is 0 Å². The zero-order valence-corrected chi connectivity index (χ0v) is 12.2. The van der Waals surface area contributed by atoms with Crippen LogP contribution in [0, 0.1) is 0 Å². The molecule has 0 bridgehead atoms. The Labute approximate surface area is 124 Å². The lowest BCUT2D eigenvalue weighted by Gasteiger charge is -2.06. The van der Waals surface area contributed by atoms with E-state index < -0.39 is 0 Å². The molecule has 2 aromatic carbocycles. The molecule has 0 heterocycles. The molecular formula is C18H18O3. The lowest BCUT2D eigenvalue weighted by Crippen LogP contribution is -2.08. The molecule has 21 heavy (non-hydrogen) atoms. The van der Waals surface area contributed by atoms with Crippen molar-refractivity contribution in [2.75, 3.05) is 0 Å². The molecule has 0 saturated heterocycles. The third-order valence-corrected chi connectivity index (χ3v) is 2.60. The summed E-state index contributed by atoms with van der Waals surface area (Å²) in [5.74, 6) is 1.15. The second-order valence-corrected chi connectivity index (χ2v) is 4.81. The molecule has 0 aromatic heterocycles. The van der Waals surface area contributed by atoms with Crippen LogP contribution in [0.2, 0.25) is 0 Å². The lowest BCUT2D eigenvalue weighted by atomic mass is 10.2. The molecule has 0 spiro atoms. The number of benzene rings is 2. The van der Waals surface area contributed by atoms with E-state index >= 15 is 0 Å². The predicted molar refractivity (Wildman–Crippen MR) is 83.2 cm³/mol. The van der Waals surface area contributed by atoms with Crippen molar-refractivity contribution < 1.29 is 14.3 Å². The van der Waals surface area contributed by atoms with Gasteiger partial charge in [-0.2, -0.15) is 0 Å². The quantitative estimate of drug-likeness (QED) is 0.600. The standard InChI is InChI=1S/C18H18O3/c1-14(2)20-18(19)12-11-15-7-6-10-17(13-15)21-16-8-4-3-5-9-16/h3-14H,1-2H3. The van der Waals surface area contributed by atoms with Crippen molar-refractivity contribution in [3.05, 3.63) is 66.2 Å². The highest BCUT2D eigenvalue weighted by molar-refractivity contribution is 5.87. The van der Waals surface area contributed by atoms with Crippen LogP contribution in [-0.4, -0.2) is 12.1 Å². The van der Waals surface area contributed by atoms with Crippen molar-refractivity contribution in [1.82, 2.24) is 0 Å². The smallest absolute Gasteiger partial charge is 0.331 e. The molecule has 0 aliphatic heterocycles. The minimum absolute atomic E-state index is 0.116. The van der Waals surface area contributed by atoms with Crippen molar-refractivity contribution in [3.63, 3.8) is 0 Å². The topological polar surface area (TPSA) is 35.5 Å². The molecule has 0 atom stereocenters. The van der Waals surface area contributed by atoms with Crippen molar-refractivity contribution >= 4 is 12.0 Å². The summed E-state index contributed by atoms with van der Waals surface area (Å²) >= 11 is 0. The highest BCUT2D eigenvalue weighted by atomic mass is 16.5. The Morgan fingerprint density at radius 3 is 2.43 bits per heavy atom. The van der Waals surface area contributed by atoms with Gasteiger partial charge in [0.05, 0.1) is 6.10 Å². The second kappa shape index (κ2) is 7.29. The number of esters is 1. The van der Waals surface area contributed by atoms with E-state index in [0.717, 1.165) is 17.1 Å². The Balaban J connectivity index is 2.04. The van der Waals surface area contributed by atoms with Gasteiger partial charge in [0.2, 0.25) is 0 Å². The lowest BCUT2D eigenvalue weighted by molar-refractivity contribution is -0.141. The Hall–Kier alpha value is -2.55. The van der Waals surface area contributed by atoms with E-state index in [1.165, 1.54) is 6.08 Å². The number of hydrogen-bond donors (Lipinski definition) is 0. The third-order valence-electron chi connectivity index (χ3n) is 2.60. The first-order valence-electron chi connectivity index (χ1n) is 6.85. The van der Waals surface area contributed by atoms with Crippen LogP contribution in [0.1, 0.15) is 19.4 Å². The van der Waals surface area contributed by atoms with Gasteiger partial charge in [-0.3, -0.25) is 0 Å². The molecule has 0 unspecified atom stereocenters. The largest absolute Gasteiger partial charge is 0.460 e. The summed E-state index contributed by atoms with van der Waals surface area (Å²) in [6.45, 7) is 3.64. The summed E-state index contributed by atoms with van der Waals surface area (Å²) in [5.41, 5.74) is 0.879. The number of para-hydroxylation sites is 1. The van der Waals surface area contributed by atoms with Gasteiger partial charge in [-0.05, 0) is 49.8 Å². The monoisotopic (exact) mass is 282 g/mol. The molecule has 0 radical (unpaired) electrons. The average molecular weight is 282 g/mol. The SMILES string of the molecule is CC(C)OC(=O)C=Cc1cccc(Oc2ccccc2)c1. The van der Waals surface area contributed by atoms with Gasteiger partial charge in [0.25, 0.3) is 0 Å². The molecule has 0 fully saturated rings. The number of rotatable bonds is 5. The number of hydrogen-bond acceptors (Lipinski definition) is 3. The fourth-order valence-corrected chi connectivity index (χ4v) is 1.74. The number of carbonyl (C=O) groups excluding carboxylic acids is 1. The Bertz CT molecular complexity index is 615. The summed E-state index contributed by atoms with van der Waals surface area (Å²) in [4.78, 5) is 11.5. The van der Waals surface area contributed by atoms with Gasteiger partial charge in [0.1, 0.15) is 11.5 Å². The van der Waals surface area contributed by atoms with Gasteiger partial charge in [-0.15, -0.1) is 0 Å². The zero-order valence-electron chi connectivity index (χ0n) is 12.2. The fourth-order valence-electron chi connectivity index (χ4n) is 1.74. The van der Waals surface area contributed by atoms with Crippen LogP contribution in [0.5, 0.6) is 11.5 Å². The van der Waals surface area contributed by atoms with Crippen molar-refractivity contribution in [2.45, 2.75) is 20.0 Å². The van der Waals surface area contributed by atoms with E-state index in [1.807, 2.05) is 68.4 Å². The first-order valence-corrected chi connectivity index (χ1v) is 6.85. The molecule has 3 heteroatoms. The predicted octanol–water partition coefficient (Wildman–Crippen LogP) is 4.44. The summed E-state index contributed by atoms with van der Waals surface area (Å²) in [7, 11) is 0. The average Bonchev–Trinajstić information content (AvgIpc) is 2.46. The highest BCUT2D eigenvalue weighted by Crippen LogP contribution is 2.22. The van der Waals surface area contributed by atoms with Gasteiger partial charge in [-0.25, -0.2) is 4.79 Å². The van der Waals surface area contributed by atoms with E-state index in [4.69, 9.17) is 9.47 Å². The Morgan fingerprint density at radius 1 is 1.00 bits per heavy atom. The molecule has 0 amide bonds. The van der Waals surface area contributed by atoms with Gasteiger partial charge in [-0.1, -0.05) is 30.3 Å². The maximum Gasteiger partial charge on any atom is 0.331 e.